The first-order valence-electron chi connectivity index (χ1n) is 17.4. The monoisotopic (exact) mass is 714 g/mol. The van der Waals surface area contributed by atoms with Gasteiger partial charge >= 0.3 is 0 Å². The normalized spacial score (nSPS) is 12.6. The molecule has 0 saturated carbocycles. The molecule has 0 amide bonds. The molecule has 3 aromatic carbocycles. The number of fused-ring (bicyclic) bond motifs is 8. The van der Waals surface area contributed by atoms with Gasteiger partial charge in [0.05, 0.1) is 22.8 Å². The van der Waals surface area contributed by atoms with Crippen molar-refractivity contribution in [3.05, 3.63) is 143 Å². The third-order valence-corrected chi connectivity index (χ3v) is 9.72. The van der Waals surface area contributed by atoms with E-state index in [2.05, 4.69) is 185 Å². The molecule has 5 heteroatoms. The summed E-state index contributed by atoms with van der Waals surface area (Å²) in [5.74, 6) is 0. The summed E-state index contributed by atoms with van der Waals surface area (Å²) in [7, 11) is 0. The van der Waals surface area contributed by atoms with E-state index in [0.29, 0.717) is 0 Å². The van der Waals surface area contributed by atoms with Crippen molar-refractivity contribution in [2.24, 2.45) is 0 Å². The molecule has 0 aliphatic carbocycles. The number of benzene rings is 3. The van der Waals surface area contributed by atoms with Crippen molar-refractivity contribution in [3.8, 4) is 33.4 Å². The zero-order chi connectivity index (χ0) is 34.6. The van der Waals surface area contributed by atoms with E-state index in [1.165, 1.54) is 11.1 Å². The molecular formula is C46H42N4Zn. The van der Waals surface area contributed by atoms with Crippen molar-refractivity contribution in [2.45, 2.75) is 52.4 Å². The topological polar surface area (TPSA) is 57.4 Å². The Kier molecular flexibility index (Phi) is 8.90. The van der Waals surface area contributed by atoms with Gasteiger partial charge in [0.1, 0.15) is 0 Å². The Morgan fingerprint density at radius 2 is 0.863 bits per heavy atom. The SMILES string of the molecule is CC(C)(C)c1ccc(-c2c3nc(c(-c4ccccc4)c4ccc([nH]4)c(-c4ccc(C(C)(C)C)cc4)c4nc(cc5ccc2[nH]5)C=C4)C=C3)cc1.[Zn]. The molecule has 2 aliphatic heterocycles. The fourth-order valence-electron chi connectivity index (χ4n) is 6.93. The summed E-state index contributed by atoms with van der Waals surface area (Å²) in [5.41, 5.74) is 16.9. The molecule has 6 aromatic rings. The van der Waals surface area contributed by atoms with Crippen LogP contribution in [0.25, 0.3) is 79.8 Å². The summed E-state index contributed by atoms with van der Waals surface area (Å²) < 4.78 is 0. The van der Waals surface area contributed by atoms with Crippen LogP contribution in [0.5, 0.6) is 0 Å². The molecule has 0 fully saturated rings. The molecule has 8 bridgehead atoms. The summed E-state index contributed by atoms with van der Waals surface area (Å²) in [6.45, 7) is 13.5. The Morgan fingerprint density at radius 1 is 0.431 bits per heavy atom. The second kappa shape index (κ2) is 13.2. The van der Waals surface area contributed by atoms with Gasteiger partial charge in [0, 0.05) is 58.2 Å². The second-order valence-corrected chi connectivity index (χ2v) is 15.4. The second-order valence-electron chi connectivity index (χ2n) is 15.4. The van der Waals surface area contributed by atoms with E-state index in [0.717, 1.165) is 78.2 Å². The first-order chi connectivity index (χ1) is 24.0. The molecule has 0 radical (unpaired) electrons. The van der Waals surface area contributed by atoms with Gasteiger partial charge in [-0.1, -0.05) is 120 Å². The molecule has 4 nitrogen and oxygen atoms in total. The number of hydrogen-bond acceptors (Lipinski definition) is 2. The predicted molar refractivity (Wildman–Crippen MR) is 213 cm³/mol. The third-order valence-electron chi connectivity index (χ3n) is 9.72. The average Bonchev–Trinajstić information content (AvgIpc) is 3.92. The molecule has 0 saturated heterocycles. The Morgan fingerprint density at radius 3 is 1.37 bits per heavy atom. The largest absolute Gasteiger partial charge is 0.355 e. The van der Waals surface area contributed by atoms with Crippen LogP contribution in [0.15, 0.2) is 109 Å². The zero-order valence-electron chi connectivity index (χ0n) is 30.3. The molecule has 2 N–H and O–H groups in total. The van der Waals surface area contributed by atoms with Crippen molar-refractivity contribution in [2.75, 3.05) is 0 Å². The molecule has 2 aliphatic rings. The number of hydrogen-bond donors (Lipinski definition) is 2. The van der Waals surface area contributed by atoms with Gasteiger partial charge in [0.2, 0.25) is 0 Å². The quantitative estimate of drug-likeness (QED) is 0.179. The summed E-state index contributed by atoms with van der Waals surface area (Å²) in [6.07, 6.45) is 8.53. The first-order valence-corrected chi connectivity index (χ1v) is 17.4. The van der Waals surface area contributed by atoms with Crippen molar-refractivity contribution in [1.82, 2.24) is 19.9 Å². The fourth-order valence-corrected chi connectivity index (χ4v) is 6.93. The number of rotatable bonds is 3. The molecule has 0 unspecified atom stereocenters. The van der Waals surface area contributed by atoms with Crippen LogP contribution in [0.2, 0.25) is 0 Å². The number of aromatic amines is 2. The Hall–Kier alpha value is -5.12. The van der Waals surface area contributed by atoms with Crippen LogP contribution in [-0.2, 0) is 30.3 Å². The van der Waals surface area contributed by atoms with Crippen LogP contribution in [0.1, 0.15) is 75.4 Å². The van der Waals surface area contributed by atoms with Crippen molar-refractivity contribution in [1.29, 1.82) is 0 Å². The predicted octanol–water partition coefficient (Wildman–Crippen LogP) is 12.2. The number of aromatic nitrogens is 4. The maximum Gasteiger partial charge on any atom is 0.0737 e. The minimum atomic E-state index is 0. The summed E-state index contributed by atoms with van der Waals surface area (Å²) >= 11 is 0. The Labute approximate surface area is 313 Å². The van der Waals surface area contributed by atoms with Crippen LogP contribution < -0.4 is 0 Å². The van der Waals surface area contributed by atoms with Gasteiger partial charge in [-0.3, -0.25) is 0 Å². The van der Waals surface area contributed by atoms with Gasteiger partial charge in [0.15, 0.2) is 0 Å². The van der Waals surface area contributed by atoms with E-state index in [1.54, 1.807) is 0 Å². The zero-order valence-corrected chi connectivity index (χ0v) is 33.3. The van der Waals surface area contributed by atoms with Gasteiger partial charge in [-0.25, -0.2) is 9.97 Å². The van der Waals surface area contributed by atoms with E-state index in [9.17, 15) is 0 Å². The molecule has 3 aromatic heterocycles. The first kappa shape index (κ1) is 34.3. The van der Waals surface area contributed by atoms with Crippen molar-refractivity contribution in [3.63, 3.8) is 0 Å². The van der Waals surface area contributed by atoms with E-state index in [-0.39, 0.29) is 30.3 Å². The smallest absolute Gasteiger partial charge is 0.0737 e. The van der Waals surface area contributed by atoms with Gasteiger partial charge in [-0.05, 0) is 93.3 Å². The minimum Gasteiger partial charge on any atom is -0.355 e. The molecule has 5 heterocycles. The molecule has 51 heavy (non-hydrogen) atoms. The minimum absolute atomic E-state index is 0. The molecule has 0 atom stereocenters. The van der Waals surface area contributed by atoms with Crippen LogP contribution in [-0.4, -0.2) is 19.9 Å². The molecule has 248 valence electrons. The number of nitrogens with zero attached hydrogens (tertiary/aromatic N) is 2. The fraction of sp³-hybridized carbons (Fsp3) is 0.174. The Bertz CT molecular complexity index is 2410. The molecular weight excluding hydrogens is 674 g/mol. The van der Waals surface area contributed by atoms with Gasteiger partial charge in [-0.2, -0.15) is 0 Å². The standard InChI is InChI=1S/C46H42N4.Zn/c1-45(2,3)32-16-12-30(13-17-32)43-36-22-20-34(47-36)28-35-21-23-37(48-35)44(31-14-18-33(19-15-31)46(4,5)6)41-27-25-39(50-41)42(29-10-8-7-9-11-29)38-24-26-40(43)49-38;/h7-28,47,50H,1-6H3;. The Balaban J connectivity index is 0.00000406. The van der Waals surface area contributed by atoms with Crippen LogP contribution >= 0.6 is 0 Å². The average molecular weight is 716 g/mol. The van der Waals surface area contributed by atoms with E-state index >= 15 is 0 Å². The van der Waals surface area contributed by atoms with Crippen LogP contribution in [0.4, 0.5) is 0 Å². The van der Waals surface area contributed by atoms with Crippen molar-refractivity contribution < 1.29 is 19.5 Å². The van der Waals surface area contributed by atoms with Crippen LogP contribution in [0, 0.1) is 0 Å². The van der Waals surface area contributed by atoms with Gasteiger partial charge < -0.3 is 9.97 Å². The third kappa shape index (κ3) is 6.71. The number of H-pyrrole nitrogens is 2. The maximum atomic E-state index is 5.37. The van der Waals surface area contributed by atoms with E-state index in [1.807, 2.05) is 0 Å². The summed E-state index contributed by atoms with van der Waals surface area (Å²) in [4.78, 5) is 18.1. The number of nitrogens with one attached hydrogen (secondary N) is 2. The molecule has 8 rings (SSSR count). The van der Waals surface area contributed by atoms with Crippen molar-refractivity contribution >= 4 is 46.4 Å². The van der Waals surface area contributed by atoms with E-state index < -0.39 is 0 Å². The van der Waals surface area contributed by atoms with E-state index in [4.69, 9.17) is 9.97 Å². The van der Waals surface area contributed by atoms with Gasteiger partial charge in [-0.15, -0.1) is 0 Å². The summed E-state index contributed by atoms with van der Waals surface area (Å²) in [5, 5.41) is 0. The van der Waals surface area contributed by atoms with Gasteiger partial charge in [0.25, 0.3) is 0 Å². The van der Waals surface area contributed by atoms with Crippen LogP contribution in [0.3, 0.4) is 0 Å². The maximum absolute atomic E-state index is 5.37. The summed E-state index contributed by atoms with van der Waals surface area (Å²) in [6, 6.07) is 39.2. The molecule has 0 spiro atoms.